The Hall–Kier alpha value is 0.494. The molecule has 0 spiro atoms. The fourth-order valence-electron chi connectivity index (χ4n) is 3.61. The molecule has 156 valence electrons. The van der Waals surface area contributed by atoms with Crippen LogP contribution in [0.25, 0.3) is 0 Å². The van der Waals surface area contributed by atoms with Crippen LogP contribution in [-0.4, -0.2) is 0 Å². The number of hydrogen-bond donors (Lipinski definition) is 0. The number of rotatable bonds is 21. The van der Waals surface area contributed by atoms with Crippen LogP contribution in [0.4, 0.5) is 0 Å². The minimum absolute atomic E-state index is 0. The molecule has 0 amide bonds. The van der Waals surface area contributed by atoms with Gasteiger partial charge < -0.3 is 6.92 Å². The topological polar surface area (TPSA) is 0 Å². The van der Waals surface area contributed by atoms with Crippen molar-refractivity contribution in [2.24, 2.45) is 0 Å². The van der Waals surface area contributed by atoms with Crippen molar-refractivity contribution in [3.63, 3.8) is 0 Å². The quantitative estimate of drug-likeness (QED) is 0.103. The van der Waals surface area contributed by atoms with Crippen LogP contribution < -0.4 is 0 Å². The van der Waals surface area contributed by atoms with Crippen molar-refractivity contribution < 1.29 is 16.5 Å². The monoisotopic (exact) mass is 395 g/mol. The van der Waals surface area contributed by atoms with Crippen LogP contribution in [-0.2, 0) is 16.5 Å². The molecule has 0 rings (SSSR count). The van der Waals surface area contributed by atoms with Gasteiger partial charge in [0.2, 0.25) is 0 Å². The molecule has 0 bridgehead atoms. The standard InChI is InChI=1S/C24H49.Ni/c1-3-5-7-9-11-13-15-17-19-21-23-24-22-20-18-16-14-12-10-8-6-4-2;/h1,3-24H2,2H3;/q-1;. The smallest absolute Gasteiger partial charge is 0 e. The van der Waals surface area contributed by atoms with E-state index in [-0.39, 0.29) is 16.5 Å². The molecule has 0 N–H and O–H groups in total. The van der Waals surface area contributed by atoms with Gasteiger partial charge >= 0.3 is 0 Å². The van der Waals surface area contributed by atoms with E-state index in [1.54, 1.807) is 0 Å². The Kier molecular flexibility index (Phi) is 29.6. The minimum atomic E-state index is 0. The van der Waals surface area contributed by atoms with Gasteiger partial charge in [0.1, 0.15) is 0 Å². The SMILES string of the molecule is [CH2-]CCCCCCCCCCCCCCCCCCCCCCC.[Ni]. The first kappa shape index (κ1) is 27.7. The molecule has 25 heavy (non-hydrogen) atoms. The average Bonchev–Trinajstić information content (AvgIpc) is 2.60. The maximum atomic E-state index is 3.91. The molecule has 0 aliphatic carbocycles. The third kappa shape index (κ3) is 26.8. The molecular weight excluding hydrogens is 347 g/mol. The van der Waals surface area contributed by atoms with Crippen LogP contribution >= 0.6 is 0 Å². The molecule has 0 radical (unpaired) electrons. The van der Waals surface area contributed by atoms with Gasteiger partial charge in [0.15, 0.2) is 0 Å². The van der Waals surface area contributed by atoms with Gasteiger partial charge in [-0.1, -0.05) is 142 Å². The summed E-state index contributed by atoms with van der Waals surface area (Å²) in [6.45, 7) is 6.20. The van der Waals surface area contributed by atoms with E-state index in [9.17, 15) is 0 Å². The van der Waals surface area contributed by atoms with Crippen LogP contribution in [0, 0.1) is 6.92 Å². The third-order valence-corrected chi connectivity index (χ3v) is 5.35. The Morgan fingerprint density at radius 3 is 0.760 bits per heavy atom. The van der Waals surface area contributed by atoms with Crippen LogP contribution in [0.5, 0.6) is 0 Å². The second-order valence-electron chi connectivity index (χ2n) is 7.92. The van der Waals surface area contributed by atoms with Crippen molar-refractivity contribution in [2.75, 3.05) is 0 Å². The summed E-state index contributed by atoms with van der Waals surface area (Å²) in [4.78, 5) is 0. The fourth-order valence-corrected chi connectivity index (χ4v) is 3.61. The molecular formula is C24H49Ni-. The first-order chi connectivity index (χ1) is 11.9. The zero-order chi connectivity index (χ0) is 17.6. The zero-order valence-electron chi connectivity index (χ0n) is 17.6. The Morgan fingerprint density at radius 2 is 0.560 bits per heavy atom. The normalized spacial score (nSPS) is 10.8. The van der Waals surface area contributed by atoms with E-state index in [4.69, 9.17) is 0 Å². The Balaban J connectivity index is 0. The van der Waals surface area contributed by atoms with Crippen LogP contribution in [0.1, 0.15) is 148 Å². The Bertz CT molecular complexity index is 180. The fraction of sp³-hybridized carbons (Fsp3) is 0.958. The summed E-state index contributed by atoms with van der Waals surface area (Å²) in [5.74, 6) is 0. The van der Waals surface area contributed by atoms with Crippen molar-refractivity contribution in [3.05, 3.63) is 6.92 Å². The minimum Gasteiger partial charge on any atom is -0.343 e. The van der Waals surface area contributed by atoms with E-state index in [1.807, 2.05) is 0 Å². The molecule has 0 aromatic rings. The molecule has 0 aromatic carbocycles. The molecule has 0 aliphatic heterocycles. The molecule has 0 heterocycles. The van der Waals surface area contributed by atoms with Gasteiger partial charge in [0, 0.05) is 16.5 Å². The van der Waals surface area contributed by atoms with Crippen molar-refractivity contribution in [3.8, 4) is 0 Å². The summed E-state index contributed by atoms with van der Waals surface area (Å²) < 4.78 is 0. The van der Waals surface area contributed by atoms with Gasteiger partial charge in [0.25, 0.3) is 0 Å². The van der Waals surface area contributed by atoms with Crippen molar-refractivity contribution in [2.45, 2.75) is 148 Å². The molecule has 0 saturated carbocycles. The second-order valence-corrected chi connectivity index (χ2v) is 7.92. The first-order valence-electron chi connectivity index (χ1n) is 11.7. The van der Waals surface area contributed by atoms with Gasteiger partial charge in [0.05, 0.1) is 0 Å². The third-order valence-electron chi connectivity index (χ3n) is 5.35. The predicted octanol–water partition coefficient (Wildman–Crippen LogP) is 9.42. The van der Waals surface area contributed by atoms with Crippen molar-refractivity contribution >= 4 is 0 Å². The summed E-state index contributed by atoms with van der Waals surface area (Å²) in [5.41, 5.74) is 0. The van der Waals surface area contributed by atoms with Gasteiger partial charge in [-0.3, -0.25) is 0 Å². The maximum Gasteiger partial charge on any atom is 0 e. The van der Waals surface area contributed by atoms with Crippen molar-refractivity contribution in [1.82, 2.24) is 0 Å². The molecule has 1 heteroatoms. The molecule has 0 atom stereocenters. The van der Waals surface area contributed by atoms with Crippen LogP contribution in [0.2, 0.25) is 0 Å². The van der Waals surface area contributed by atoms with E-state index in [0.29, 0.717) is 0 Å². The largest absolute Gasteiger partial charge is 0.343 e. The molecule has 0 aromatic heterocycles. The summed E-state index contributed by atoms with van der Waals surface area (Å²) in [7, 11) is 0. The molecule has 0 nitrogen and oxygen atoms in total. The molecule has 0 unspecified atom stereocenters. The van der Waals surface area contributed by atoms with Crippen LogP contribution in [0.3, 0.4) is 0 Å². The number of hydrogen-bond acceptors (Lipinski definition) is 0. The Labute approximate surface area is 171 Å². The molecule has 0 saturated heterocycles. The molecule has 0 aliphatic rings. The molecule has 0 fully saturated rings. The van der Waals surface area contributed by atoms with Gasteiger partial charge in [-0.25, -0.2) is 0 Å². The summed E-state index contributed by atoms with van der Waals surface area (Å²) >= 11 is 0. The average molecular weight is 396 g/mol. The van der Waals surface area contributed by atoms with E-state index in [0.717, 1.165) is 6.42 Å². The van der Waals surface area contributed by atoms with Gasteiger partial charge in [-0.05, 0) is 0 Å². The van der Waals surface area contributed by atoms with Gasteiger partial charge in [-0.15, -0.1) is 0 Å². The van der Waals surface area contributed by atoms with Crippen LogP contribution in [0.15, 0.2) is 0 Å². The van der Waals surface area contributed by atoms with E-state index < -0.39 is 0 Å². The zero-order valence-corrected chi connectivity index (χ0v) is 18.6. The van der Waals surface area contributed by atoms with E-state index in [2.05, 4.69) is 13.8 Å². The summed E-state index contributed by atoms with van der Waals surface area (Å²) in [6, 6.07) is 0. The first-order valence-corrected chi connectivity index (χ1v) is 11.7. The van der Waals surface area contributed by atoms with E-state index >= 15 is 0 Å². The van der Waals surface area contributed by atoms with E-state index in [1.165, 1.54) is 135 Å². The van der Waals surface area contributed by atoms with Gasteiger partial charge in [-0.2, -0.15) is 6.42 Å². The number of unbranched alkanes of at least 4 members (excludes halogenated alkanes) is 21. The van der Waals surface area contributed by atoms with Crippen molar-refractivity contribution in [1.29, 1.82) is 0 Å². The summed E-state index contributed by atoms with van der Waals surface area (Å²) in [5, 5.41) is 0. The maximum absolute atomic E-state index is 3.91. The summed E-state index contributed by atoms with van der Waals surface area (Å²) in [6.07, 6.45) is 31.8. The Morgan fingerprint density at radius 1 is 0.360 bits per heavy atom. The predicted molar refractivity (Wildman–Crippen MR) is 113 cm³/mol. The second kappa shape index (κ2) is 26.7.